The summed E-state index contributed by atoms with van der Waals surface area (Å²) in [7, 11) is 0. The summed E-state index contributed by atoms with van der Waals surface area (Å²) in [6.07, 6.45) is 7.92. The molecule has 1 aliphatic rings. The minimum Gasteiger partial charge on any atom is -0.489 e. The lowest BCUT2D eigenvalue weighted by Crippen LogP contribution is -2.25. The van der Waals surface area contributed by atoms with Gasteiger partial charge in [-0.2, -0.15) is 0 Å². The summed E-state index contributed by atoms with van der Waals surface area (Å²) in [6.45, 7) is 2.24. The smallest absolute Gasteiger partial charge is 0.188 e. The monoisotopic (exact) mass is 263 g/mol. The fraction of sp³-hybridized carbons (Fsp3) is 0.571. The van der Waals surface area contributed by atoms with Crippen LogP contribution in [0.2, 0.25) is 0 Å². The molecule has 104 valence electrons. The average Bonchev–Trinajstić information content (AvgIpc) is 2.47. The minimum absolute atomic E-state index is 0.00950. The molecule has 2 rings (SSSR count). The van der Waals surface area contributed by atoms with Crippen molar-refractivity contribution in [1.82, 2.24) is 4.98 Å². The Labute approximate surface area is 113 Å². The Morgan fingerprint density at radius 3 is 3.00 bits per heavy atom. The van der Waals surface area contributed by atoms with Gasteiger partial charge in [-0.15, -0.1) is 0 Å². The van der Waals surface area contributed by atoms with E-state index in [1.807, 2.05) is 6.07 Å². The summed E-state index contributed by atoms with van der Waals surface area (Å²) in [5, 5.41) is 11.5. The van der Waals surface area contributed by atoms with Gasteiger partial charge in [0.05, 0.1) is 12.3 Å². The van der Waals surface area contributed by atoms with Gasteiger partial charge in [-0.3, -0.25) is 0 Å². The van der Waals surface area contributed by atoms with Gasteiger partial charge in [0, 0.05) is 0 Å². The van der Waals surface area contributed by atoms with Crippen LogP contribution in [0, 0.1) is 5.92 Å². The van der Waals surface area contributed by atoms with Gasteiger partial charge in [-0.25, -0.2) is 4.98 Å². The van der Waals surface area contributed by atoms with Crippen molar-refractivity contribution in [2.24, 2.45) is 16.8 Å². The Kier molecular flexibility index (Phi) is 4.60. The van der Waals surface area contributed by atoms with Gasteiger partial charge >= 0.3 is 0 Å². The van der Waals surface area contributed by atoms with Crippen molar-refractivity contribution in [3.8, 4) is 5.75 Å². The predicted molar refractivity (Wildman–Crippen MR) is 73.4 cm³/mol. The van der Waals surface area contributed by atoms with E-state index >= 15 is 0 Å². The van der Waals surface area contributed by atoms with E-state index in [9.17, 15) is 0 Å². The van der Waals surface area contributed by atoms with Gasteiger partial charge in [-0.05, 0) is 37.3 Å². The molecule has 5 heteroatoms. The van der Waals surface area contributed by atoms with Crippen LogP contribution in [0.3, 0.4) is 0 Å². The number of rotatable bonds is 4. The van der Waals surface area contributed by atoms with E-state index in [-0.39, 0.29) is 11.9 Å². The predicted octanol–water partition coefficient (Wildman–Crippen LogP) is 2.52. The number of oxime groups is 1. The summed E-state index contributed by atoms with van der Waals surface area (Å²) in [5.41, 5.74) is 5.91. The molecule has 0 amide bonds. The van der Waals surface area contributed by atoms with Crippen molar-refractivity contribution < 1.29 is 9.94 Å². The molecule has 5 nitrogen and oxygen atoms in total. The Balaban J connectivity index is 1.96. The number of ether oxygens (including phenoxy) is 1. The SMILES string of the molecule is CCC1CCCC(Oc2ccc(/C(N)=N/O)nc2)C1. The molecule has 1 saturated carbocycles. The van der Waals surface area contributed by atoms with Crippen LogP contribution < -0.4 is 10.5 Å². The summed E-state index contributed by atoms with van der Waals surface area (Å²) < 4.78 is 5.95. The summed E-state index contributed by atoms with van der Waals surface area (Å²) >= 11 is 0. The standard InChI is InChI=1S/C14H21N3O2/c1-2-10-4-3-5-11(8-10)19-12-6-7-13(16-9-12)14(15)17-18/h6-7,9-11,18H,2-5,8H2,1H3,(H2,15,17). The maximum Gasteiger partial charge on any atom is 0.188 e. The molecule has 2 unspecified atom stereocenters. The second kappa shape index (κ2) is 6.41. The summed E-state index contributed by atoms with van der Waals surface area (Å²) in [4.78, 5) is 4.11. The van der Waals surface area contributed by atoms with Crippen molar-refractivity contribution in [3.05, 3.63) is 24.0 Å². The first kappa shape index (κ1) is 13.6. The van der Waals surface area contributed by atoms with Gasteiger partial charge in [0.1, 0.15) is 11.4 Å². The molecule has 0 aromatic carbocycles. The number of nitrogens with zero attached hydrogens (tertiary/aromatic N) is 2. The Bertz CT molecular complexity index is 431. The zero-order valence-electron chi connectivity index (χ0n) is 11.2. The van der Waals surface area contributed by atoms with E-state index in [0.29, 0.717) is 5.69 Å². The maximum atomic E-state index is 8.57. The highest BCUT2D eigenvalue weighted by Crippen LogP contribution is 2.29. The van der Waals surface area contributed by atoms with Crippen molar-refractivity contribution in [2.75, 3.05) is 0 Å². The van der Waals surface area contributed by atoms with Crippen LogP contribution in [0.1, 0.15) is 44.7 Å². The average molecular weight is 263 g/mol. The first-order chi connectivity index (χ1) is 9.22. The fourth-order valence-corrected chi connectivity index (χ4v) is 2.56. The van der Waals surface area contributed by atoms with E-state index in [1.54, 1.807) is 12.3 Å². The maximum absolute atomic E-state index is 8.57. The summed E-state index contributed by atoms with van der Waals surface area (Å²) in [5.74, 6) is 1.54. The van der Waals surface area contributed by atoms with Crippen molar-refractivity contribution in [3.63, 3.8) is 0 Å². The lowest BCUT2D eigenvalue weighted by Gasteiger charge is -2.28. The van der Waals surface area contributed by atoms with Crippen LogP contribution in [0.15, 0.2) is 23.5 Å². The summed E-state index contributed by atoms with van der Waals surface area (Å²) in [6, 6.07) is 3.51. The molecule has 1 heterocycles. The number of nitrogens with two attached hydrogens (primary N) is 1. The van der Waals surface area contributed by atoms with Crippen LogP contribution in [0.25, 0.3) is 0 Å². The van der Waals surface area contributed by atoms with Crippen LogP contribution in [0.5, 0.6) is 5.75 Å². The number of pyridine rings is 1. The van der Waals surface area contributed by atoms with Crippen LogP contribution >= 0.6 is 0 Å². The fourth-order valence-electron chi connectivity index (χ4n) is 2.56. The number of hydrogen-bond donors (Lipinski definition) is 2. The topological polar surface area (TPSA) is 80.7 Å². The van der Waals surface area contributed by atoms with Crippen LogP contribution in [-0.4, -0.2) is 22.1 Å². The molecule has 1 aromatic heterocycles. The third kappa shape index (κ3) is 3.59. The molecule has 1 aromatic rings. The van der Waals surface area contributed by atoms with Gasteiger partial charge in [0.25, 0.3) is 0 Å². The molecule has 0 spiro atoms. The van der Waals surface area contributed by atoms with Gasteiger partial charge in [0.15, 0.2) is 5.84 Å². The normalized spacial score (nSPS) is 24.2. The highest BCUT2D eigenvalue weighted by Gasteiger charge is 2.22. The van der Waals surface area contributed by atoms with Crippen LogP contribution in [0.4, 0.5) is 0 Å². The van der Waals surface area contributed by atoms with Crippen LogP contribution in [-0.2, 0) is 0 Å². The molecule has 0 aliphatic heterocycles. The molecular weight excluding hydrogens is 242 g/mol. The molecule has 1 fully saturated rings. The third-order valence-electron chi connectivity index (χ3n) is 3.72. The van der Waals surface area contributed by atoms with E-state index in [2.05, 4.69) is 17.1 Å². The molecule has 1 aliphatic carbocycles. The first-order valence-corrected chi connectivity index (χ1v) is 6.83. The highest BCUT2D eigenvalue weighted by atomic mass is 16.5. The van der Waals surface area contributed by atoms with E-state index < -0.39 is 0 Å². The lowest BCUT2D eigenvalue weighted by molar-refractivity contribution is 0.121. The van der Waals surface area contributed by atoms with Crippen molar-refractivity contribution in [1.29, 1.82) is 0 Å². The second-order valence-electron chi connectivity index (χ2n) is 5.05. The zero-order valence-corrected chi connectivity index (χ0v) is 11.2. The van der Waals surface area contributed by atoms with E-state index in [1.165, 1.54) is 19.3 Å². The van der Waals surface area contributed by atoms with Crippen molar-refractivity contribution in [2.45, 2.75) is 45.1 Å². The third-order valence-corrected chi connectivity index (χ3v) is 3.72. The largest absolute Gasteiger partial charge is 0.489 e. The number of hydrogen-bond acceptors (Lipinski definition) is 4. The molecule has 0 saturated heterocycles. The Morgan fingerprint density at radius 1 is 1.53 bits per heavy atom. The zero-order chi connectivity index (χ0) is 13.7. The first-order valence-electron chi connectivity index (χ1n) is 6.83. The number of amidine groups is 1. The molecule has 2 atom stereocenters. The molecular formula is C14H21N3O2. The minimum atomic E-state index is 0.00950. The van der Waals surface area contributed by atoms with Gasteiger partial charge < -0.3 is 15.7 Å². The highest BCUT2D eigenvalue weighted by molar-refractivity contribution is 5.95. The van der Waals surface area contributed by atoms with E-state index in [4.69, 9.17) is 15.7 Å². The number of aromatic nitrogens is 1. The second-order valence-corrected chi connectivity index (χ2v) is 5.05. The molecule has 0 bridgehead atoms. The quantitative estimate of drug-likeness (QED) is 0.378. The Morgan fingerprint density at radius 2 is 2.37 bits per heavy atom. The van der Waals surface area contributed by atoms with E-state index in [0.717, 1.165) is 24.5 Å². The van der Waals surface area contributed by atoms with Gasteiger partial charge in [0.2, 0.25) is 0 Å². The molecule has 3 N–H and O–H groups in total. The molecule has 0 radical (unpaired) electrons. The Hall–Kier alpha value is -1.78. The molecule has 19 heavy (non-hydrogen) atoms. The lowest BCUT2D eigenvalue weighted by atomic mass is 9.85. The van der Waals surface area contributed by atoms with Crippen molar-refractivity contribution >= 4 is 5.84 Å². The van der Waals surface area contributed by atoms with Gasteiger partial charge in [-0.1, -0.05) is 24.9 Å².